The van der Waals surface area contributed by atoms with Crippen LogP contribution >= 0.6 is 0 Å². The van der Waals surface area contributed by atoms with E-state index in [1.165, 1.54) is 0 Å². The van der Waals surface area contributed by atoms with E-state index in [-0.39, 0.29) is 32.3 Å². The van der Waals surface area contributed by atoms with Gasteiger partial charge in [-0.3, -0.25) is 4.90 Å². The maximum atomic E-state index is 10.5. The van der Waals surface area contributed by atoms with Gasteiger partial charge in [0.25, 0.3) is 0 Å². The minimum Gasteiger partial charge on any atom is -0.748 e. The quantitative estimate of drug-likeness (QED) is 0.413. The lowest BCUT2D eigenvalue weighted by Gasteiger charge is -2.31. The molecule has 0 spiro atoms. The van der Waals surface area contributed by atoms with Crippen LogP contribution in [0, 0.1) is 0 Å². The number of aliphatic hydroxyl groups excluding tert-OH is 3. The van der Waals surface area contributed by atoms with Gasteiger partial charge >= 0.3 is 0 Å². The topological polar surface area (TPSA) is 121 Å². The lowest BCUT2D eigenvalue weighted by Crippen LogP contribution is -2.45. The van der Waals surface area contributed by atoms with E-state index in [1.54, 1.807) is 4.90 Å². The highest BCUT2D eigenvalue weighted by Crippen LogP contribution is 2.05. The number of hydrogen-bond acceptors (Lipinski definition) is 7. The van der Waals surface area contributed by atoms with Crippen molar-refractivity contribution >= 4 is 10.1 Å². The Balaban J connectivity index is 4.42. The van der Waals surface area contributed by atoms with Crippen LogP contribution in [0.15, 0.2) is 0 Å². The number of hydrogen-bond donors (Lipinski definition) is 3. The van der Waals surface area contributed by atoms with Gasteiger partial charge in [-0.1, -0.05) is 6.92 Å². The molecule has 8 heteroatoms. The summed E-state index contributed by atoms with van der Waals surface area (Å²) in [4.78, 5) is 1.57. The van der Waals surface area contributed by atoms with Crippen LogP contribution in [0.4, 0.5) is 0 Å². The van der Waals surface area contributed by atoms with Crippen LogP contribution in [0.1, 0.15) is 13.3 Å². The maximum Gasteiger partial charge on any atom is 0.0972 e. The van der Waals surface area contributed by atoms with Gasteiger partial charge in [0.15, 0.2) is 0 Å². The minimum absolute atomic E-state index is 0.0684. The normalized spacial score (nSPS) is 16.1. The smallest absolute Gasteiger partial charge is 0.0972 e. The Morgan fingerprint density at radius 1 is 1.35 bits per heavy atom. The van der Waals surface area contributed by atoms with Gasteiger partial charge in [0.05, 0.1) is 35.2 Å². The monoisotopic (exact) mass is 270 g/mol. The summed E-state index contributed by atoms with van der Waals surface area (Å²) in [6, 6.07) is -0.272. The van der Waals surface area contributed by atoms with E-state index in [0.717, 1.165) is 0 Å². The second-order valence-corrected chi connectivity index (χ2v) is 5.29. The molecule has 0 aliphatic rings. The second kappa shape index (κ2) is 7.96. The fourth-order valence-corrected chi connectivity index (χ4v) is 2.19. The third kappa shape index (κ3) is 7.63. The van der Waals surface area contributed by atoms with Crippen molar-refractivity contribution in [2.75, 3.05) is 32.1 Å². The van der Waals surface area contributed by atoms with Crippen LogP contribution in [-0.4, -0.2) is 77.4 Å². The second-order valence-electron chi connectivity index (χ2n) is 3.84. The molecule has 0 bridgehead atoms. The molecule has 0 aromatic rings. The molecule has 7 nitrogen and oxygen atoms in total. The number of aliphatic hydroxyl groups is 3. The van der Waals surface area contributed by atoms with E-state index < -0.39 is 22.0 Å². The van der Waals surface area contributed by atoms with E-state index in [2.05, 4.69) is 0 Å². The van der Waals surface area contributed by atoms with Crippen LogP contribution in [0.3, 0.4) is 0 Å². The summed E-state index contributed by atoms with van der Waals surface area (Å²) in [5.74, 6) is -0.864. The van der Waals surface area contributed by atoms with Crippen LogP contribution in [0.2, 0.25) is 0 Å². The molecular formula is C9H20NO6S-. The lowest BCUT2D eigenvalue weighted by atomic mass is 10.2. The molecule has 104 valence electrons. The van der Waals surface area contributed by atoms with Crippen molar-refractivity contribution < 1.29 is 28.3 Å². The highest BCUT2D eigenvalue weighted by molar-refractivity contribution is 7.85. The third-order valence-corrected chi connectivity index (χ3v) is 3.22. The average Bonchev–Trinajstić information content (AvgIpc) is 2.16. The Labute approximate surface area is 101 Å². The molecule has 0 aliphatic heterocycles. The summed E-state index contributed by atoms with van der Waals surface area (Å²) in [6.45, 7) is 1.62. The van der Waals surface area contributed by atoms with Crippen molar-refractivity contribution in [3.8, 4) is 0 Å². The number of rotatable bonds is 9. The molecule has 0 aromatic heterocycles. The first-order chi connectivity index (χ1) is 7.84. The van der Waals surface area contributed by atoms with E-state index >= 15 is 0 Å². The minimum atomic E-state index is -4.47. The molecule has 0 saturated carbocycles. The highest BCUT2D eigenvalue weighted by atomic mass is 32.2. The molecule has 0 fully saturated rings. The van der Waals surface area contributed by atoms with Gasteiger partial charge in [-0.25, -0.2) is 8.42 Å². The fraction of sp³-hybridized carbons (Fsp3) is 1.00. The van der Waals surface area contributed by atoms with Gasteiger partial charge in [0, 0.05) is 19.1 Å². The summed E-state index contributed by atoms with van der Waals surface area (Å²) in [5, 5.41) is 27.4. The van der Waals surface area contributed by atoms with Gasteiger partial charge in [0.1, 0.15) is 0 Å². The maximum absolute atomic E-state index is 10.5. The summed E-state index contributed by atoms with van der Waals surface area (Å²) in [6.07, 6.45) is -0.725. The van der Waals surface area contributed by atoms with Crippen molar-refractivity contribution in [2.45, 2.75) is 25.5 Å². The summed E-state index contributed by atoms with van der Waals surface area (Å²) in [5.41, 5.74) is 0. The average molecular weight is 270 g/mol. The van der Waals surface area contributed by atoms with Gasteiger partial charge in [-0.05, 0) is 6.42 Å². The Morgan fingerprint density at radius 3 is 2.29 bits per heavy atom. The first-order valence-electron chi connectivity index (χ1n) is 5.41. The predicted molar refractivity (Wildman–Crippen MR) is 60.4 cm³/mol. The number of nitrogens with zero attached hydrogens (tertiary/aromatic N) is 1. The summed E-state index contributed by atoms with van der Waals surface area (Å²) < 4.78 is 31.4. The van der Waals surface area contributed by atoms with Crippen molar-refractivity contribution in [3.05, 3.63) is 0 Å². The van der Waals surface area contributed by atoms with Crippen LogP contribution in [0.25, 0.3) is 0 Å². The van der Waals surface area contributed by atoms with Crippen molar-refractivity contribution in [2.24, 2.45) is 0 Å². The zero-order chi connectivity index (χ0) is 13.5. The summed E-state index contributed by atoms with van der Waals surface area (Å²) >= 11 is 0. The zero-order valence-corrected chi connectivity index (χ0v) is 10.6. The Kier molecular flexibility index (Phi) is 7.84. The first kappa shape index (κ1) is 16.8. The Hall–Kier alpha value is -0.250. The largest absolute Gasteiger partial charge is 0.748 e. The van der Waals surface area contributed by atoms with Crippen molar-refractivity contribution in [1.82, 2.24) is 4.90 Å². The lowest BCUT2D eigenvalue weighted by molar-refractivity contribution is 0.0564. The molecule has 0 aliphatic carbocycles. The third-order valence-electron chi connectivity index (χ3n) is 2.43. The molecule has 0 amide bonds. The standard InChI is InChI=1S/C9H21NO6S/c1-2-8(6-12)10(3-4-11)5-9(13)7-17(14,15)16/h8-9,11-13H,2-7H2,1H3,(H,14,15,16)/p-1. The Bertz CT molecular complexity index is 290. The molecule has 0 radical (unpaired) electrons. The fourth-order valence-electron chi connectivity index (χ4n) is 1.61. The zero-order valence-electron chi connectivity index (χ0n) is 9.82. The molecule has 0 aromatic carbocycles. The van der Waals surface area contributed by atoms with Crippen LogP contribution < -0.4 is 0 Å². The van der Waals surface area contributed by atoms with Crippen LogP contribution in [0.5, 0.6) is 0 Å². The highest BCUT2D eigenvalue weighted by Gasteiger charge is 2.20. The van der Waals surface area contributed by atoms with Crippen molar-refractivity contribution in [1.29, 1.82) is 0 Å². The Morgan fingerprint density at radius 2 is 1.94 bits per heavy atom. The molecule has 2 atom stereocenters. The predicted octanol–water partition coefficient (Wildman–Crippen LogP) is -2.04. The molecular weight excluding hydrogens is 250 g/mol. The molecule has 0 heterocycles. The summed E-state index contributed by atoms with van der Waals surface area (Å²) in [7, 11) is -4.47. The van der Waals surface area contributed by atoms with E-state index in [0.29, 0.717) is 6.42 Å². The van der Waals surface area contributed by atoms with E-state index in [4.69, 9.17) is 10.2 Å². The van der Waals surface area contributed by atoms with Gasteiger partial charge in [0.2, 0.25) is 0 Å². The van der Waals surface area contributed by atoms with E-state index in [9.17, 15) is 18.1 Å². The first-order valence-corrected chi connectivity index (χ1v) is 6.99. The molecule has 0 saturated heterocycles. The van der Waals surface area contributed by atoms with Gasteiger partial charge in [-0.15, -0.1) is 0 Å². The van der Waals surface area contributed by atoms with Gasteiger partial charge < -0.3 is 19.9 Å². The molecule has 2 unspecified atom stereocenters. The SMILES string of the molecule is CCC(CO)N(CCO)CC(O)CS(=O)(=O)[O-]. The van der Waals surface area contributed by atoms with Crippen LogP contribution in [-0.2, 0) is 10.1 Å². The van der Waals surface area contributed by atoms with Gasteiger partial charge in [-0.2, -0.15) is 0 Å². The molecule has 17 heavy (non-hydrogen) atoms. The van der Waals surface area contributed by atoms with Crippen molar-refractivity contribution in [3.63, 3.8) is 0 Å². The molecule has 0 rings (SSSR count). The molecule has 3 N–H and O–H groups in total. The van der Waals surface area contributed by atoms with E-state index in [1.807, 2.05) is 6.92 Å².